The lowest BCUT2D eigenvalue weighted by molar-refractivity contribution is -0.141. The van der Waals surface area contributed by atoms with Gasteiger partial charge in [0.15, 0.2) is 0 Å². The molecule has 0 spiro atoms. The Morgan fingerprint density at radius 3 is 3.00 bits per heavy atom. The maximum absolute atomic E-state index is 11.3. The van der Waals surface area contributed by atoms with Crippen molar-refractivity contribution in [3.05, 3.63) is 30.1 Å². The number of ether oxygens (including phenoxy) is 1. The minimum Gasteiger partial charge on any atom is -0.469 e. The zero-order valence-corrected chi connectivity index (χ0v) is 10.3. The van der Waals surface area contributed by atoms with Gasteiger partial charge in [-0.1, -0.05) is 12.1 Å². The van der Waals surface area contributed by atoms with E-state index in [1.807, 2.05) is 36.6 Å². The van der Waals surface area contributed by atoms with Crippen molar-refractivity contribution in [2.45, 2.75) is 26.3 Å². The third kappa shape index (κ3) is 2.16. The molecule has 17 heavy (non-hydrogen) atoms. The van der Waals surface area contributed by atoms with Gasteiger partial charge in [-0.05, 0) is 25.5 Å². The van der Waals surface area contributed by atoms with Crippen molar-refractivity contribution in [1.82, 2.24) is 9.55 Å². The molecular formula is C13H16N2O2. The second-order valence-corrected chi connectivity index (χ2v) is 4.22. The molecule has 0 aliphatic heterocycles. The van der Waals surface area contributed by atoms with Gasteiger partial charge in [0, 0.05) is 6.04 Å². The first-order valence-electron chi connectivity index (χ1n) is 5.62. The first kappa shape index (κ1) is 11.6. The van der Waals surface area contributed by atoms with Crippen LogP contribution in [0.5, 0.6) is 0 Å². The average molecular weight is 232 g/mol. The van der Waals surface area contributed by atoms with E-state index in [-0.39, 0.29) is 12.0 Å². The van der Waals surface area contributed by atoms with Crippen LogP contribution in [0.2, 0.25) is 0 Å². The number of carbonyl (C=O) groups is 1. The van der Waals surface area contributed by atoms with Crippen molar-refractivity contribution in [1.29, 1.82) is 0 Å². The molecule has 1 atom stereocenters. The summed E-state index contributed by atoms with van der Waals surface area (Å²) >= 11 is 0. The summed E-state index contributed by atoms with van der Waals surface area (Å²) in [5, 5.41) is 0. The lowest BCUT2D eigenvalue weighted by Gasteiger charge is -2.12. The van der Waals surface area contributed by atoms with Crippen molar-refractivity contribution >= 4 is 17.0 Å². The van der Waals surface area contributed by atoms with Crippen LogP contribution in [0.3, 0.4) is 0 Å². The number of benzene rings is 1. The predicted molar refractivity (Wildman–Crippen MR) is 65.8 cm³/mol. The van der Waals surface area contributed by atoms with E-state index in [1.165, 1.54) is 7.11 Å². The smallest absolute Gasteiger partial charge is 0.307 e. The Balaban J connectivity index is 2.36. The van der Waals surface area contributed by atoms with E-state index >= 15 is 0 Å². The molecule has 0 N–H and O–H groups in total. The highest BCUT2D eigenvalue weighted by molar-refractivity contribution is 5.79. The summed E-state index contributed by atoms with van der Waals surface area (Å²) in [4.78, 5) is 15.6. The zero-order valence-electron chi connectivity index (χ0n) is 10.3. The summed E-state index contributed by atoms with van der Waals surface area (Å²) in [5.74, 6) is -0.202. The maximum Gasteiger partial charge on any atom is 0.307 e. The van der Waals surface area contributed by atoms with E-state index in [1.54, 1.807) is 6.33 Å². The highest BCUT2D eigenvalue weighted by Crippen LogP contribution is 2.22. The number of imidazole rings is 1. The molecule has 0 saturated heterocycles. The van der Waals surface area contributed by atoms with E-state index in [0.29, 0.717) is 6.42 Å². The van der Waals surface area contributed by atoms with Gasteiger partial charge in [-0.25, -0.2) is 4.98 Å². The van der Waals surface area contributed by atoms with Gasteiger partial charge in [0.25, 0.3) is 0 Å². The quantitative estimate of drug-likeness (QED) is 0.763. The number of carbonyl (C=O) groups excluding carboxylic acids is 1. The van der Waals surface area contributed by atoms with E-state index < -0.39 is 0 Å². The number of hydrogen-bond acceptors (Lipinski definition) is 3. The van der Waals surface area contributed by atoms with Crippen LogP contribution >= 0.6 is 0 Å². The topological polar surface area (TPSA) is 44.1 Å². The van der Waals surface area contributed by atoms with E-state index in [2.05, 4.69) is 9.72 Å². The van der Waals surface area contributed by atoms with Crippen molar-refractivity contribution < 1.29 is 9.53 Å². The standard InChI is InChI=1S/C13H16N2O2/c1-9-5-4-6-11-13(9)14-8-15(11)10(2)7-12(16)17-3/h4-6,8,10H,7H2,1-3H3. The Morgan fingerprint density at radius 1 is 1.53 bits per heavy atom. The minimum absolute atomic E-state index is 0.0502. The maximum atomic E-state index is 11.3. The molecule has 0 bridgehead atoms. The van der Waals surface area contributed by atoms with Gasteiger partial charge in [0.05, 0.1) is 30.9 Å². The Bertz CT molecular complexity index is 545. The number of hydrogen-bond donors (Lipinski definition) is 0. The van der Waals surface area contributed by atoms with Crippen molar-refractivity contribution in [2.24, 2.45) is 0 Å². The van der Waals surface area contributed by atoms with Gasteiger partial charge in [0.2, 0.25) is 0 Å². The molecule has 0 aliphatic carbocycles. The SMILES string of the molecule is COC(=O)CC(C)n1cnc2c(C)cccc21. The summed E-state index contributed by atoms with van der Waals surface area (Å²) in [7, 11) is 1.41. The molecule has 2 aromatic rings. The Morgan fingerprint density at radius 2 is 2.29 bits per heavy atom. The number of para-hydroxylation sites is 1. The number of fused-ring (bicyclic) bond motifs is 1. The molecular weight excluding hydrogens is 216 g/mol. The first-order valence-corrected chi connectivity index (χ1v) is 5.62. The second-order valence-electron chi connectivity index (χ2n) is 4.22. The van der Waals surface area contributed by atoms with Gasteiger partial charge in [-0.15, -0.1) is 0 Å². The van der Waals surface area contributed by atoms with Gasteiger partial charge >= 0.3 is 5.97 Å². The Hall–Kier alpha value is -1.84. The second kappa shape index (κ2) is 4.57. The lowest BCUT2D eigenvalue weighted by Crippen LogP contribution is -2.11. The normalized spacial score (nSPS) is 12.6. The van der Waals surface area contributed by atoms with E-state index in [4.69, 9.17) is 0 Å². The van der Waals surface area contributed by atoms with Crippen LogP contribution in [-0.4, -0.2) is 22.6 Å². The fourth-order valence-electron chi connectivity index (χ4n) is 1.98. The van der Waals surface area contributed by atoms with Crippen LogP contribution in [0.4, 0.5) is 0 Å². The van der Waals surface area contributed by atoms with Crippen LogP contribution < -0.4 is 0 Å². The van der Waals surface area contributed by atoms with Crippen LogP contribution in [0.15, 0.2) is 24.5 Å². The van der Waals surface area contributed by atoms with Gasteiger partial charge in [0.1, 0.15) is 0 Å². The molecule has 0 amide bonds. The summed E-state index contributed by atoms with van der Waals surface area (Å²) < 4.78 is 6.70. The highest BCUT2D eigenvalue weighted by Gasteiger charge is 2.14. The molecule has 4 nitrogen and oxygen atoms in total. The minimum atomic E-state index is -0.202. The van der Waals surface area contributed by atoms with Crippen molar-refractivity contribution in [3.63, 3.8) is 0 Å². The van der Waals surface area contributed by atoms with E-state index in [0.717, 1.165) is 16.6 Å². The molecule has 0 aliphatic rings. The van der Waals surface area contributed by atoms with Crippen LogP contribution in [-0.2, 0) is 9.53 Å². The van der Waals surface area contributed by atoms with Crippen LogP contribution in [0.25, 0.3) is 11.0 Å². The van der Waals surface area contributed by atoms with Gasteiger partial charge in [-0.3, -0.25) is 4.79 Å². The van der Waals surface area contributed by atoms with Gasteiger partial charge in [-0.2, -0.15) is 0 Å². The summed E-state index contributed by atoms with van der Waals surface area (Å²) in [6, 6.07) is 6.10. The third-order valence-corrected chi connectivity index (χ3v) is 2.97. The lowest BCUT2D eigenvalue weighted by atomic mass is 10.2. The number of aromatic nitrogens is 2. The Kier molecular flexibility index (Phi) is 3.13. The molecule has 1 heterocycles. The summed E-state index contributed by atoms with van der Waals surface area (Å²) in [6.07, 6.45) is 2.14. The third-order valence-electron chi connectivity index (χ3n) is 2.97. The zero-order chi connectivity index (χ0) is 12.4. The van der Waals surface area contributed by atoms with Crippen LogP contribution in [0.1, 0.15) is 24.9 Å². The highest BCUT2D eigenvalue weighted by atomic mass is 16.5. The fraction of sp³-hybridized carbons (Fsp3) is 0.385. The van der Waals surface area contributed by atoms with Crippen molar-refractivity contribution in [3.8, 4) is 0 Å². The molecule has 0 fully saturated rings. The first-order chi connectivity index (χ1) is 8.13. The number of esters is 1. The largest absolute Gasteiger partial charge is 0.469 e. The Labute approximate surface area is 100 Å². The molecule has 0 saturated carbocycles. The molecule has 2 rings (SSSR count). The molecule has 90 valence electrons. The number of rotatable bonds is 3. The average Bonchev–Trinajstić information content (AvgIpc) is 2.74. The number of nitrogens with zero attached hydrogens (tertiary/aromatic N) is 2. The number of methoxy groups -OCH3 is 1. The van der Waals surface area contributed by atoms with Crippen molar-refractivity contribution in [2.75, 3.05) is 7.11 Å². The molecule has 1 unspecified atom stereocenters. The van der Waals surface area contributed by atoms with Gasteiger partial charge < -0.3 is 9.30 Å². The number of aryl methyl sites for hydroxylation is 1. The van der Waals surface area contributed by atoms with E-state index in [9.17, 15) is 4.79 Å². The van der Waals surface area contributed by atoms with Crippen LogP contribution in [0, 0.1) is 6.92 Å². The predicted octanol–water partition coefficient (Wildman–Crippen LogP) is 2.47. The summed E-state index contributed by atoms with van der Waals surface area (Å²) in [5.41, 5.74) is 3.19. The molecule has 1 aromatic heterocycles. The fourth-order valence-corrected chi connectivity index (χ4v) is 1.98. The summed E-state index contributed by atoms with van der Waals surface area (Å²) in [6.45, 7) is 4.02. The monoisotopic (exact) mass is 232 g/mol. The molecule has 4 heteroatoms. The molecule has 1 aromatic carbocycles. The molecule has 0 radical (unpaired) electrons.